The van der Waals surface area contributed by atoms with Crippen LogP contribution in [0.5, 0.6) is 5.75 Å². The van der Waals surface area contributed by atoms with E-state index in [1.807, 2.05) is 18.2 Å². The monoisotopic (exact) mass is 198 g/mol. The van der Waals surface area contributed by atoms with Gasteiger partial charge in [0.05, 0.1) is 12.8 Å². The molecule has 1 aromatic rings. The zero-order valence-corrected chi connectivity index (χ0v) is 8.07. The summed E-state index contributed by atoms with van der Waals surface area (Å²) in [7, 11) is -2.79. The third-order valence-corrected chi connectivity index (χ3v) is 3.78. The molecule has 1 atom stereocenters. The Kier molecular flexibility index (Phi) is 2.38. The Bertz CT molecular complexity index is 313. The van der Waals surface area contributed by atoms with Gasteiger partial charge >= 0.3 is 7.60 Å². The van der Waals surface area contributed by atoms with Gasteiger partial charge in [0.15, 0.2) is 0 Å². The molecule has 3 nitrogen and oxygen atoms in total. The second-order valence-electron chi connectivity index (χ2n) is 2.93. The summed E-state index contributed by atoms with van der Waals surface area (Å²) in [6.07, 6.45) is 1.35. The SMILES string of the molecule is O=P1(Oc2ccccc2)CCCO1. The van der Waals surface area contributed by atoms with Gasteiger partial charge in [0, 0.05) is 0 Å². The van der Waals surface area contributed by atoms with E-state index in [0.29, 0.717) is 18.5 Å². The Morgan fingerprint density at radius 2 is 2.08 bits per heavy atom. The van der Waals surface area contributed by atoms with E-state index in [2.05, 4.69) is 0 Å². The van der Waals surface area contributed by atoms with E-state index in [4.69, 9.17) is 9.05 Å². The van der Waals surface area contributed by atoms with Crippen molar-refractivity contribution < 1.29 is 13.6 Å². The highest BCUT2D eigenvalue weighted by molar-refractivity contribution is 7.54. The van der Waals surface area contributed by atoms with Crippen molar-refractivity contribution in [3.63, 3.8) is 0 Å². The van der Waals surface area contributed by atoms with Crippen molar-refractivity contribution in [1.29, 1.82) is 0 Å². The minimum atomic E-state index is -2.79. The molecule has 1 aliphatic rings. The average Bonchev–Trinajstić information content (AvgIpc) is 2.54. The molecule has 0 bridgehead atoms. The number of benzene rings is 1. The summed E-state index contributed by atoms with van der Waals surface area (Å²) in [4.78, 5) is 0. The molecule has 70 valence electrons. The van der Waals surface area contributed by atoms with Crippen molar-refractivity contribution in [2.75, 3.05) is 12.8 Å². The molecule has 1 unspecified atom stereocenters. The normalized spacial score (nSPS) is 27.4. The van der Waals surface area contributed by atoms with Crippen LogP contribution in [0.4, 0.5) is 0 Å². The van der Waals surface area contributed by atoms with Gasteiger partial charge in [-0.3, -0.25) is 4.52 Å². The van der Waals surface area contributed by atoms with Crippen LogP contribution in [0.15, 0.2) is 30.3 Å². The van der Waals surface area contributed by atoms with Gasteiger partial charge in [0.25, 0.3) is 0 Å². The molecule has 1 aromatic carbocycles. The molecule has 2 rings (SSSR count). The molecule has 0 spiro atoms. The summed E-state index contributed by atoms with van der Waals surface area (Å²) in [5, 5.41) is 0. The lowest BCUT2D eigenvalue weighted by Crippen LogP contribution is -1.92. The van der Waals surface area contributed by atoms with Gasteiger partial charge < -0.3 is 4.52 Å². The number of rotatable bonds is 2. The van der Waals surface area contributed by atoms with Crippen molar-refractivity contribution >= 4 is 7.60 Å². The lowest BCUT2D eigenvalue weighted by Gasteiger charge is -2.11. The molecule has 0 N–H and O–H groups in total. The maximum absolute atomic E-state index is 11.7. The smallest absolute Gasteiger partial charge is 0.379 e. The van der Waals surface area contributed by atoms with Crippen LogP contribution in [0.3, 0.4) is 0 Å². The summed E-state index contributed by atoms with van der Waals surface area (Å²) in [5.41, 5.74) is 0. The zero-order valence-electron chi connectivity index (χ0n) is 7.18. The van der Waals surface area contributed by atoms with Crippen molar-refractivity contribution in [1.82, 2.24) is 0 Å². The molecule has 0 aliphatic carbocycles. The summed E-state index contributed by atoms with van der Waals surface area (Å²) in [5.74, 6) is 0.618. The van der Waals surface area contributed by atoms with Gasteiger partial charge in [0.1, 0.15) is 5.75 Å². The molecule has 13 heavy (non-hydrogen) atoms. The molecule has 1 saturated heterocycles. The first-order valence-corrected chi connectivity index (χ1v) is 6.00. The van der Waals surface area contributed by atoms with Gasteiger partial charge in [-0.25, -0.2) is 4.57 Å². The third kappa shape index (κ3) is 2.11. The Hall–Kier alpha value is -0.790. The molecule has 0 radical (unpaired) electrons. The standard InChI is InChI=1S/C9H11O3P/c10-13(8-4-7-11-13)12-9-5-2-1-3-6-9/h1-3,5-6H,4,7-8H2. The Labute approximate surface area is 77.2 Å². The number of hydrogen-bond donors (Lipinski definition) is 0. The molecular weight excluding hydrogens is 187 g/mol. The van der Waals surface area contributed by atoms with Gasteiger partial charge in [-0.15, -0.1) is 0 Å². The minimum Gasteiger partial charge on any atom is -0.424 e. The fraction of sp³-hybridized carbons (Fsp3) is 0.333. The first kappa shape index (κ1) is 8.79. The van der Waals surface area contributed by atoms with Gasteiger partial charge in [0.2, 0.25) is 0 Å². The quantitative estimate of drug-likeness (QED) is 0.685. The highest BCUT2D eigenvalue weighted by Gasteiger charge is 2.30. The Morgan fingerprint density at radius 1 is 1.31 bits per heavy atom. The summed E-state index contributed by atoms with van der Waals surface area (Å²) < 4.78 is 22.1. The predicted octanol–water partition coefficient (Wildman–Crippen LogP) is 2.68. The predicted molar refractivity (Wildman–Crippen MR) is 50.1 cm³/mol. The molecule has 1 fully saturated rings. The van der Waals surface area contributed by atoms with Crippen LogP contribution in [-0.2, 0) is 9.09 Å². The van der Waals surface area contributed by atoms with Crippen LogP contribution in [0.2, 0.25) is 0 Å². The molecule has 0 aromatic heterocycles. The first-order chi connectivity index (χ1) is 6.29. The molecule has 0 amide bonds. The van der Waals surface area contributed by atoms with Crippen LogP contribution in [-0.4, -0.2) is 12.8 Å². The lowest BCUT2D eigenvalue weighted by atomic mass is 10.3. The number of hydrogen-bond acceptors (Lipinski definition) is 3. The molecule has 1 heterocycles. The average molecular weight is 198 g/mol. The summed E-state index contributed by atoms with van der Waals surface area (Å²) in [6.45, 7) is 0.546. The molecular formula is C9H11O3P. The van der Waals surface area contributed by atoms with Crippen LogP contribution in [0.25, 0.3) is 0 Å². The molecule has 4 heteroatoms. The van der Waals surface area contributed by atoms with Crippen LogP contribution in [0, 0.1) is 0 Å². The fourth-order valence-electron chi connectivity index (χ4n) is 1.24. The van der Waals surface area contributed by atoms with E-state index < -0.39 is 7.60 Å². The third-order valence-electron chi connectivity index (χ3n) is 1.85. The van der Waals surface area contributed by atoms with E-state index in [-0.39, 0.29) is 0 Å². The largest absolute Gasteiger partial charge is 0.424 e. The van der Waals surface area contributed by atoms with Gasteiger partial charge in [-0.1, -0.05) is 18.2 Å². The maximum Gasteiger partial charge on any atom is 0.379 e. The second-order valence-corrected chi connectivity index (χ2v) is 5.04. The van der Waals surface area contributed by atoms with Crippen LogP contribution in [0.1, 0.15) is 6.42 Å². The second kappa shape index (κ2) is 3.52. The van der Waals surface area contributed by atoms with Crippen molar-refractivity contribution in [2.24, 2.45) is 0 Å². The van der Waals surface area contributed by atoms with Crippen LogP contribution >= 0.6 is 7.60 Å². The Balaban J connectivity index is 2.10. The van der Waals surface area contributed by atoms with E-state index in [0.717, 1.165) is 6.42 Å². The van der Waals surface area contributed by atoms with E-state index in [1.54, 1.807) is 12.1 Å². The fourth-order valence-corrected chi connectivity index (χ4v) is 2.88. The topological polar surface area (TPSA) is 35.5 Å². The minimum absolute atomic E-state index is 0.530. The highest BCUT2D eigenvalue weighted by atomic mass is 31.2. The Morgan fingerprint density at radius 3 is 2.69 bits per heavy atom. The van der Waals surface area contributed by atoms with Crippen LogP contribution < -0.4 is 4.52 Å². The summed E-state index contributed by atoms with van der Waals surface area (Å²) >= 11 is 0. The first-order valence-electron chi connectivity index (χ1n) is 4.27. The summed E-state index contributed by atoms with van der Waals surface area (Å²) in [6, 6.07) is 9.13. The van der Waals surface area contributed by atoms with Gasteiger partial charge in [-0.2, -0.15) is 0 Å². The van der Waals surface area contributed by atoms with E-state index >= 15 is 0 Å². The lowest BCUT2D eigenvalue weighted by molar-refractivity contribution is 0.301. The maximum atomic E-state index is 11.7. The van der Waals surface area contributed by atoms with E-state index in [1.165, 1.54) is 0 Å². The van der Waals surface area contributed by atoms with Crippen molar-refractivity contribution in [3.05, 3.63) is 30.3 Å². The van der Waals surface area contributed by atoms with Crippen molar-refractivity contribution in [3.8, 4) is 5.75 Å². The zero-order chi connectivity index (χ0) is 9.15. The molecule has 1 aliphatic heterocycles. The highest BCUT2D eigenvalue weighted by Crippen LogP contribution is 2.52. The molecule has 0 saturated carbocycles. The van der Waals surface area contributed by atoms with E-state index in [9.17, 15) is 4.57 Å². The van der Waals surface area contributed by atoms with Crippen molar-refractivity contribution in [2.45, 2.75) is 6.42 Å². The number of para-hydroxylation sites is 1. The van der Waals surface area contributed by atoms with Gasteiger partial charge in [-0.05, 0) is 18.6 Å².